The second-order valence-corrected chi connectivity index (χ2v) is 7.22. The molecule has 0 unspecified atom stereocenters. The Hall–Kier alpha value is -0.0900. The molecule has 4 heteroatoms. The van der Waals surface area contributed by atoms with Crippen LogP contribution in [0.2, 0.25) is 0 Å². The average Bonchev–Trinajstić information content (AvgIpc) is 2.35. The molecule has 0 saturated carbocycles. The topological polar surface area (TPSA) is 26.3 Å². The Labute approximate surface area is 119 Å². The lowest BCUT2D eigenvalue weighted by molar-refractivity contribution is -0.148. The van der Waals surface area contributed by atoms with E-state index in [0.29, 0.717) is 5.92 Å². The highest BCUT2D eigenvalue weighted by molar-refractivity contribution is 8.22. The Balaban J connectivity index is 2.55. The molecule has 0 aromatic carbocycles. The lowest BCUT2D eigenvalue weighted by atomic mass is 9.99. The summed E-state index contributed by atoms with van der Waals surface area (Å²) >= 11 is 3.87. The van der Waals surface area contributed by atoms with Crippen molar-refractivity contribution in [3.63, 3.8) is 0 Å². The lowest BCUT2D eigenvalue weighted by Gasteiger charge is -2.23. The SMILES string of the molecule is CCCC[C@H](OC(C)=O)[C@H](C)C=C1SCCCS1. The summed E-state index contributed by atoms with van der Waals surface area (Å²) in [4.78, 5) is 11.2. The minimum atomic E-state index is -0.162. The van der Waals surface area contributed by atoms with Gasteiger partial charge in [-0.15, -0.1) is 23.5 Å². The van der Waals surface area contributed by atoms with Gasteiger partial charge in [-0.2, -0.15) is 0 Å². The highest BCUT2D eigenvalue weighted by atomic mass is 32.2. The van der Waals surface area contributed by atoms with E-state index in [0.717, 1.165) is 19.3 Å². The van der Waals surface area contributed by atoms with Crippen LogP contribution in [0.3, 0.4) is 0 Å². The molecule has 0 radical (unpaired) electrons. The summed E-state index contributed by atoms with van der Waals surface area (Å²) in [5, 5.41) is 0. The first kappa shape index (κ1) is 16.0. The number of carbonyl (C=O) groups excluding carboxylic acids is 1. The van der Waals surface area contributed by atoms with Crippen LogP contribution in [0.4, 0.5) is 0 Å². The molecule has 0 aromatic rings. The fourth-order valence-corrected chi connectivity index (χ4v) is 4.53. The summed E-state index contributed by atoms with van der Waals surface area (Å²) in [6, 6.07) is 0. The number of hydrogen-bond acceptors (Lipinski definition) is 4. The number of esters is 1. The molecule has 0 spiro atoms. The summed E-state index contributed by atoms with van der Waals surface area (Å²) < 4.78 is 6.86. The molecule has 1 rings (SSSR count). The fourth-order valence-electron chi connectivity index (χ4n) is 1.91. The van der Waals surface area contributed by atoms with E-state index in [2.05, 4.69) is 19.9 Å². The summed E-state index contributed by atoms with van der Waals surface area (Å²) in [6.07, 6.45) is 6.85. The molecule has 0 amide bonds. The zero-order valence-electron chi connectivity index (χ0n) is 11.6. The van der Waals surface area contributed by atoms with Crippen molar-refractivity contribution < 1.29 is 9.53 Å². The monoisotopic (exact) mass is 288 g/mol. The quantitative estimate of drug-likeness (QED) is 0.674. The average molecular weight is 288 g/mol. The van der Waals surface area contributed by atoms with Gasteiger partial charge in [-0.3, -0.25) is 4.79 Å². The van der Waals surface area contributed by atoms with Gasteiger partial charge in [-0.1, -0.05) is 32.8 Å². The Bertz CT molecular complexity index is 282. The van der Waals surface area contributed by atoms with Crippen LogP contribution in [-0.2, 0) is 9.53 Å². The van der Waals surface area contributed by atoms with Crippen LogP contribution in [0.25, 0.3) is 0 Å². The van der Waals surface area contributed by atoms with Gasteiger partial charge in [0.1, 0.15) is 6.10 Å². The molecule has 1 fully saturated rings. The van der Waals surface area contributed by atoms with Gasteiger partial charge in [-0.25, -0.2) is 0 Å². The number of unbranched alkanes of at least 4 members (excludes halogenated alkanes) is 1. The van der Waals surface area contributed by atoms with Crippen molar-refractivity contribution in [3.05, 3.63) is 10.3 Å². The number of thioether (sulfide) groups is 2. The molecule has 18 heavy (non-hydrogen) atoms. The van der Waals surface area contributed by atoms with E-state index in [9.17, 15) is 4.79 Å². The third kappa shape index (κ3) is 6.19. The highest BCUT2D eigenvalue weighted by Crippen LogP contribution is 2.36. The predicted molar refractivity (Wildman–Crippen MR) is 81.9 cm³/mol. The van der Waals surface area contributed by atoms with Crippen molar-refractivity contribution in [2.45, 2.75) is 52.6 Å². The molecule has 1 heterocycles. The minimum Gasteiger partial charge on any atom is -0.462 e. The second-order valence-electron chi connectivity index (χ2n) is 4.69. The molecule has 0 aliphatic carbocycles. The summed E-state index contributed by atoms with van der Waals surface area (Å²) in [5.74, 6) is 2.59. The summed E-state index contributed by atoms with van der Waals surface area (Å²) in [7, 11) is 0. The molecule has 104 valence electrons. The van der Waals surface area contributed by atoms with Crippen LogP contribution in [0.1, 0.15) is 46.5 Å². The maximum atomic E-state index is 11.2. The smallest absolute Gasteiger partial charge is 0.302 e. The van der Waals surface area contributed by atoms with Crippen molar-refractivity contribution in [3.8, 4) is 0 Å². The van der Waals surface area contributed by atoms with Crippen molar-refractivity contribution in [1.29, 1.82) is 0 Å². The van der Waals surface area contributed by atoms with E-state index in [4.69, 9.17) is 4.74 Å². The molecule has 0 bridgehead atoms. The molecular formula is C14H24O2S2. The zero-order chi connectivity index (χ0) is 13.4. The third-order valence-corrected chi connectivity index (χ3v) is 5.46. The maximum absolute atomic E-state index is 11.2. The first-order valence-corrected chi connectivity index (χ1v) is 8.75. The molecule has 0 aromatic heterocycles. The second kappa shape index (κ2) is 8.92. The van der Waals surface area contributed by atoms with Gasteiger partial charge in [0.2, 0.25) is 0 Å². The van der Waals surface area contributed by atoms with E-state index in [1.54, 1.807) is 0 Å². The predicted octanol–water partition coefficient (Wildman–Crippen LogP) is 4.46. The maximum Gasteiger partial charge on any atom is 0.302 e. The van der Waals surface area contributed by atoms with Crippen LogP contribution < -0.4 is 0 Å². The third-order valence-electron chi connectivity index (χ3n) is 2.92. The Morgan fingerprint density at radius 1 is 1.44 bits per heavy atom. The van der Waals surface area contributed by atoms with E-state index in [1.807, 2.05) is 23.5 Å². The van der Waals surface area contributed by atoms with Crippen LogP contribution >= 0.6 is 23.5 Å². The van der Waals surface area contributed by atoms with Gasteiger partial charge in [0.25, 0.3) is 0 Å². The van der Waals surface area contributed by atoms with Crippen molar-refractivity contribution in [2.24, 2.45) is 5.92 Å². The van der Waals surface area contributed by atoms with Crippen LogP contribution in [0, 0.1) is 5.92 Å². The lowest BCUT2D eigenvalue weighted by Crippen LogP contribution is -2.23. The van der Waals surface area contributed by atoms with Crippen molar-refractivity contribution in [2.75, 3.05) is 11.5 Å². The highest BCUT2D eigenvalue weighted by Gasteiger charge is 2.19. The summed E-state index contributed by atoms with van der Waals surface area (Å²) in [5.41, 5.74) is 0. The molecule has 1 aliphatic heterocycles. The first-order chi connectivity index (χ1) is 8.63. The fraction of sp³-hybridized carbons (Fsp3) is 0.786. The largest absolute Gasteiger partial charge is 0.462 e. The van der Waals surface area contributed by atoms with Crippen LogP contribution in [0.5, 0.6) is 0 Å². The van der Waals surface area contributed by atoms with Gasteiger partial charge < -0.3 is 4.74 Å². The molecular weight excluding hydrogens is 264 g/mol. The van der Waals surface area contributed by atoms with Gasteiger partial charge in [-0.05, 0) is 24.3 Å². The van der Waals surface area contributed by atoms with Crippen LogP contribution in [0.15, 0.2) is 10.3 Å². The van der Waals surface area contributed by atoms with Gasteiger partial charge in [0, 0.05) is 17.1 Å². The van der Waals surface area contributed by atoms with Crippen molar-refractivity contribution >= 4 is 29.5 Å². The van der Waals surface area contributed by atoms with Crippen molar-refractivity contribution in [1.82, 2.24) is 0 Å². The van der Waals surface area contributed by atoms with E-state index in [1.165, 1.54) is 29.1 Å². The number of carbonyl (C=O) groups is 1. The Morgan fingerprint density at radius 3 is 2.67 bits per heavy atom. The van der Waals surface area contributed by atoms with Gasteiger partial charge >= 0.3 is 5.97 Å². The molecule has 1 aliphatic rings. The van der Waals surface area contributed by atoms with E-state index in [-0.39, 0.29) is 12.1 Å². The molecule has 1 saturated heterocycles. The van der Waals surface area contributed by atoms with Gasteiger partial charge in [0.05, 0.1) is 0 Å². The number of ether oxygens (including phenoxy) is 1. The molecule has 2 atom stereocenters. The van der Waals surface area contributed by atoms with Gasteiger partial charge in [0.15, 0.2) is 0 Å². The normalized spacial score (nSPS) is 19.2. The number of hydrogen-bond donors (Lipinski definition) is 0. The standard InChI is InChI=1S/C14H24O2S2/c1-4-5-7-13(16-12(3)15)11(2)10-14-17-8-6-9-18-14/h10-11,13H,4-9H2,1-3H3/t11-,13+/m1/s1. The zero-order valence-corrected chi connectivity index (χ0v) is 13.2. The molecule has 0 N–H and O–H groups in total. The Morgan fingerprint density at radius 2 is 2.11 bits per heavy atom. The Kier molecular flexibility index (Phi) is 7.91. The number of rotatable bonds is 6. The van der Waals surface area contributed by atoms with Crippen LogP contribution in [-0.4, -0.2) is 23.6 Å². The van der Waals surface area contributed by atoms with E-state index >= 15 is 0 Å². The minimum absolute atomic E-state index is 0.0399. The first-order valence-electron chi connectivity index (χ1n) is 6.78. The summed E-state index contributed by atoms with van der Waals surface area (Å²) in [6.45, 7) is 5.83. The molecule has 2 nitrogen and oxygen atoms in total. The van der Waals surface area contributed by atoms with E-state index < -0.39 is 0 Å².